The smallest absolute Gasteiger partial charge is 0.169 e. The first-order valence-corrected chi connectivity index (χ1v) is 9.08. The van der Waals surface area contributed by atoms with Gasteiger partial charge in [-0.25, -0.2) is 0 Å². The average molecular weight is 470 g/mol. The van der Waals surface area contributed by atoms with Crippen molar-refractivity contribution in [3.63, 3.8) is 0 Å². The van der Waals surface area contributed by atoms with Crippen molar-refractivity contribution in [3.05, 3.63) is 104 Å². The van der Waals surface area contributed by atoms with E-state index in [1.165, 1.54) is 36.4 Å². The highest BCUT2D eigenvalue weighted by atomic mass is 79.9. The third-order valence-corrected chi connectivity index (χ3v) is 5.24. The summed E-state index contributed by atoms with van der Waals surface area (Å²) >= 11 is 6.59. The predicted molar refractivity (Wildman–Crippen MR) is 101 cm³/mol. The summed E-state index contributed by atoms with van der Waals surface area (Å²) in [5.74, 6) is 0. The maximum absolute atomic E-state index is 14.6. The average Bonchev–Trinajstić information content (AvgIpc) is 2.58. The van der Waals surface area contributed by atoms with Gasteiger partial charge >= 0.3 is 6.18 Å². The quantitative estimate of drug-likeness (QED) is 0.358. The molecule has 0 saturated heterocycles. The number of benzene rings is 3. The molecule has 0 bridgehead atoms. The van der Waals surface area contributed by atoms with Crippen molar-refractivity contribution in [1.82, 2.24) is 0 Å². The molecule has 128 valence electrons. The van der Waals surface area contributed by atoms with Crippen LogP contribution >= 0.6 is 31.9 Å². The molecule has 0 atom stereocenters. The number of rotatable bonds is 3. The van der Waals surface area contributed by atoms with Crippen LogP contribution in [0.25, 0.3) is 0 Å². The number of hydrogen-bond donors (Lipinski definition) is 0. The third-order valence-electron chi connectivity index (χ3n) is 4.19. The Bertz CT molecular complexity index is 793. The second-order valence-electron chi connectivity index (χ2n) is 5.63. The zero-order valence-electron chi connectivity index (χ0n) is 12.9. The molecular weight excluding hydrogens is 457 g/mol. The van der Waals surface area contributed by atoms with E-state index < -0.39 is 11.6 Å². The van der Waals surface area contributed by atoms with E-state index in [0.29, 0.717) is 0 Å². The van der Waals surface area contributed by atoms with Crippen LogP contribution in [0.3, 0.4) is 0 Å². The molecule has 25 heavy (non-hydrogen) atoms. The molecule has 3 rings (SSSR count). The maximum Gasteiger partial charge on any atom is 0.406 e. The highest BCUT2D eigenvalue weighted by Crippen LogP contribution is 2.51. The second kappa shape index (κ2) is 6.96. The topological polar surface area (TPSA) is 0 Å². The molecule has 3 aromatic carbocycles. The van der Waals surface area contributed by atoms with Gasteiger partial charge in [0.2, 0.25) is 0 Å². The van der Waals surface area contributed by atoms with Crippen molar-refractivity contribution in [3.8, 4) is 0 Å². The SMILES string of the molecule is FC(F)(F)C(c1ccccc1)(c1ccc(Br)cc1)c1ccc(Br)cc1. The number of hydrogen-bond acceptors (Lipinski definition) is 0. The fraction of sp³-hybridized carbons (Fsp3) is 0.100. The monoisotopic (exact) mass is 468 g/mol. The molecule has 0 aliphatic carbocycles. The minimum atomic E-state index is -4.52. The van der Waals surface area contributed by atoms with Crippen LogP contribution in [0.2, 0.25) is 0 Å². The van der Waals surface area contributed by atoms with Gasteiger partial charge < -0.3 is 0 Å². The number of halogens is 5. The highest BCUT2D eigenvalue weighted by molar-refractivity contribution is 9.10. The lowest BCUT2D eigenvalue weighted by Crippen LogP contribution is -2.44. The van der Waals surface area contributed by atoms with Crippen LogP contribution < -0.4 is 0 Å². The normalized spacial score (nSPS) is 12.2. The molecule has 0 aliphatic rings. The Balaban J connectivity index is 2.40. The largest absolute Gasteiger partial charge is 0.406 e. The zero-order chi connectivity index (χ0) is 18.1. The van der Waals surface area contributed by atoms with Crippen molar-refractivity contribution in [2.45, 2.75) is 11.6 Å². The molecule has 0 N–H and O–H groups in total. The van der Waals surface area contributed by atoms with E-state index in [0.717, 1.165) is 8.95 Å². The van der Waals surface area contributed by atoms with Gasteiger partial charge in [-0.3, -0.25) is 0 Å². The molecule has 0 amide bonds. The van der Waals surface area contributed by atoms with Gasteiger partial charge in [0.1, 0.15) is 5.41 Å². The molecule has 0 nitrogen and oxygen atoms in total. The summed E-state index contributed by atoms with van der Waals surface area (Å²) in [7, 11) is 0. The lowest BCUT2D eigenvalue weighted by atomic mass is 9.69. The standard InChI is InChI=1S/C20H13Br2F3/c21-17-10-6-15(7-11-17)19(20(23,24)25,14-4-2-1-3-5-14)16-8-12-18(22)13-9-16/h1-13H. The van der Waals surface area contributed by atoms with Gasteiger partial charge in [-0.1, -0.05) is 86.5 Å². The fourth-order valence-corrected chi connectivity index (χ4v) is 3.61. The van der Waals surface area contributed by atoms with Crippen molar-refractivity contribution in [2.24, 2.45) is 0 Å². The van der Waals surface area contributed by atoms with E-state index in [4.69, 9.17) is 0 Å². The summed E-state index contributed by atoms with van der Waals surface area (Å²) in [6.07, 6.45) is -4.52. The molecule has 0 fully saturated rings. The highest BCUT2D eigenvalue weighted by Gasteiger charge is 2.58. The lowest BCUT2D eigenvalue weighted by Gasteiger charge is -2.37. The molecule has 0 saturated carbocycles. The van der Waals surface area contributed by atoms with Gasteiger partial charge in [0.25, 0.3) is 0 Å². The molecule has 0 radical (unpaired) electrons. The van der Waals surface area contributed by atoms with Crippen LogP contribution in [0, 0.1) is 0 Å². The molecule has 0 aliphatic heterocycles. The van der Waals surface area contributed by atoms with Crippen LogP contribution in [-0.2, 0) is 5.41 Å². The van der Waals surface area contributed by atoms with Crippen molar-refractivity contribution < 1.29 is 13.2 Å². The van der Waals surface area contributed by atoms with Crippen LogP contribution in [0.5, 0.6) is 0 Å². The molecular formula is C20H13Br2F3. The summed E-state index contributed by atoms with van der Waals surface area (Å²) in [4.78, 5) is 0. The Morgan fingerprint density at radius 2 is 0.880 bits per heavy atom. The Morgan fingerprint density at radius 3 is 1.24 bits per heavy atom. The van der Waals surface area contributed by atoms with Crippen LogP contribution in [0.1, 0.15) is 16.7 Å². The summed E-state index contributed by atoms with van der Waals surface area (Å²) in [6, 6.07) is 20.7. The minimum Gasteiger partial charge on any atom is -0.169 e. The van der Waals surface area contributed by atoms with Crippen LogP contribution in [0.15, 0.2) is 87.8 Å². The van der Waals surface area contributed by atoms with Gasteiger partial charge in [0.15, 0.2) is 0 Å². The minimum absolute atomic E-state index is 0.178. The van der Waals surface area contributed by atoms with E-state index in [9.17, 15) is 13.2 Å². The predicted octanol–water partition coefficient (Wildman–Crippen LogP) is 7.11. The van der Waals surface area contributed by atoms with Crippen LogP contribution in [-0.4, -0.2) is 6.18 Å². The van der Waals surface area contributed by atoms with E-state index in [1.54, 1.807) is 42.5 Å². The van der Waals surface area contributed by atoms with Gasteiger partial charge in [-0.15, -0.1) is 0 Å². The molecule has 0 aromatic heterocycles. The van der Waals surface area contributed by atoms with E-state index in [-0.39, 0.29) is 16.7 Å². The van der Waals surface area contributed by atoms with Crippen LogP contribution in [0.4, 0.5) is 13.2 Å². The number of alkyl halides is 3. The Hall–Kier alpha value is -1.59. The maximum atomic E-state index is 14.6. The van der Waals surface area contributed by atoms with Crippen molar-refractivity contribution in [1.29, 1.82) is 0 Å². The Kier molecular flexibility index (Phi) is 5.07. The van der Waals surface area contributed by atoms with E-state index in [2.05, 4.69) is 31.9 Å². The van der Waals surface area contributed by atoms with Gasteiger partial charge in [-0.2, -0.15) is 13.2 Å². The molecule has 3 aromatic rings. The molecule has 5 heteroatoms. The first-order valence-electron chi connectivity index (χ1n) is 7.50. The summed E-state index contributed by atoms with van der Waals surface area (Å²) < 4.78 is 45.3. The van der Waals surface area contributed by atoms with E-state index in [1.807, 2.05) is 0 Å². The first-order chi connectivity index (χ1) is 11.9. The lowest BCUT2D eigenvalue weighted by molar-refractivity contribution is -0.166. The summed E-state index contributed by atoms with van der Waals surface area (Å²) in [6.45, 7) is 0. The Labute approximate surface area is 161 Å². The molecule has 0 heterocycles. The fourth-order valence-electron chi connectivity index (χ4n) is 3.08. The second-order valence-corrected chi connectivity index (χ2v) is 7.46. The summed E-state index contributed by atoms with van der Waals surface area (Å²) in [5.41, 5.74) is -1.70. The van der Waals surface area contributed by atoms with Crippen molar-refractivity contribution >= 4 is 31.9 Å². The van der Waals surface area contributed by atoms with Crippen molar-refractivity contribution in [2.75, 3.05) is 0 Å². The zero-order valence-corrected chi connectivity index (χ0v) is 16.1. The summed E-state index contributed by atoms with van der Waals surface area (Å²) in [5, 5.41) is 0. The van der Waals surface area contributed by atoms with E-state index >= 15 is 0 Å². The molecule has 0 unspecified atom stereocenters. The molecule has 0 spiro atoms. The Morgan fingerprint density at radius 1 is 0.520 bits per heavy atom. The first kappa shape index (κ1) is 18.2. The third kappa shape index (κ3) is 3.27. The van der Waals surface area contributed by atoms with Gasteiger partial charge in [-0.05, 0) is 41.0 Å². The van der Waals surface area contributed by atoms with Gasteiger partial charge in [0.05, 0.1) is 0 Å². The van der Waals surface area contributed by atoms with Gasteiger partial charge in [0, 0.05) is 8.95 Å².